The number of anilines is 3. The molecule has 0 aliphatic carbocycles. The zero-order valence-corrected chi connectivity index (χ0v) is 20.8. The number of ether oxygens (including phenoxy) is 2. The van der Waals surface area contributed by atoms with Gasteiger partial charge < -0.3 is 24.6 Å². The quantitative estimate of drug-likeness (QED) is 0.464. The van der Waals surface area contributed by atoms with E-state index in [1.807, 2.05) is 17.0 Å². The molecule has 2 bridgehead atoms. The number of halogens is 2. The Morgan fingerprint density at radius 2 is 2.19 bits per heavy atom. The lowest BCUT2D eigenvalue weighted by Crippen LogP contribution is -2.48. The van der Waals surface area contributed by atoms with Gasteiger partial charge in [0.25, 0.3) is 0 Å². The van der Waals surface area contributed by atoms with Crippen molar-refractivity contribution in [3.8, 4) is 5.75 Å². The number of pyridine rings is 1. The number of amides is 1. The van der Waals surface area contributed by atoms with Gasteiger partial charge in [0.05, 0.1) is 41.5 Å². The lowest BCUT2D eigenvalue weighted by molar-refractivity contribution is -0.127. The Hall–Kier alpha value is -3.50. The highest BCUT2D eigenvalue weighted by Gasteiger charge is 2.45. The fraction of sp³-hybridized carbons (Fsp3) is 0.385. The maximum Gasteiger partial charge on any atom is 0.246 e. The highest BCUT2D eigenvalue weighted by molar-refractivity contribution is 6.32. The van der Waals surface area contributed by atoms with Gasteiger partial charge in [-0.2, -0.15) is 0 Å². The maximum atomic E-state index is 15.0. The molecule has 37 heavy (non-hydrogen) atoms. The van der Waals surface area contributed by atoms with Crippen LogP contribution in [0, 0.1) is 11.7 Å². The van der Waals surface area contributed by atoms with Crippen molar-refractivity contribution in [2.75, 3.05) is 43.1 Å². The molecule has 0 radical (unpaired) electrons. The van der Waals surface area contributed by atoms with Crippen molar-refractivity contribution >= 4 is 45.9 Å². The van der Waals surface area contributed by atoms with Crippen molar-refractivity contribution in [2.24, 2.45) is 5.92 Å². The molecule has 0 saturated carbocycles. The third kappa shape index (κ3) is 4.55. The zero-order chi connectivity index (χ0) is 25.5. The fourth-order valence-corrected chi connectivity index (χ4v) is 5.52. The van der Waals surface area contributed by atoms with Crippen LogP contribution in [0.5, 0.6) is 5.75 Å². The van der Waals surface area contributed by atoms with Crippen LogP contribution in [0.15, 0.2) is 43.2 Å². The second-order valence-corrected chi connectivity index (χ2v) is 9.99. The molecule has 0 unspecified atom stereocenters. The van der Waals surface area contributed by atoms with Crippen molar-refractivity contribution < 1.29 is 18.7 Å². The topological polar surface area (TPSA) is 92.7 Å². The number of piperazine rings is 1. The van der Waals surface area contributed by atoms with E-state index in [-0.39, 0.29) is 35.3 Å². The number of carbonyl (C=O) groups excluding carboxylic acids is 1. The first-order valence-electron chi connectivity index (χ1n) is 12.3. The largest absolute Gasteiger partial charge is 0.492 e. The minimum Gasteiger partial charge on any atom is -0.492 e. The molecule has 1 aromatic carbocycles. The number of fused-ring (bicyclic) bond motifs is 3. The van der Waals surface area contributed by atoms with Gasteiger partial charge in [-0.25, -0.2) is 19.3 Å². The summed E-state index contributed by atoms with van der Waals surface area (Å²) in [6.45, 7) is 6.71. The van der Waals surface area contributed by atoms with Crippen LogP contribution in [-0.2, 0) is 9.53 Å². The molecule has 1 N–H and O–H groups in total. The van der Waals surface area contributed by atoms with E-state index in [0.717, 1.165) is 18.7 Å². The van der Waals surface area contributed by atoms with Gasteiger partial charge in [0.15, 0.2) is 5.82 Å². The molecule has 6 rings (SSSR count). The average molecular weight is 525 g/mol. The summed E-state index contributed by atoms with van der Waals surface area (Å²) in [7, 11) is 0. The average Bonchev–Trinajstić information content (AvgIpc) is 3.67. The number of likely N-dealkylation sites (tertiary alicyclic amines) is 1. The Balaban J connectivity index is 1.23. The molecule has 11 heteroatoms. The van der Waals surface area contributed by atoms with Gasteiger partial charge in [-0.15, -0.1) is 0 Å². The molecule has 1 amide bonds. The first-order chi connectivity index (χ1) is 18.0. The molecular weight excluding hydrogens is 499 g/mol. The molecule has 3 atom stereocenters. The Labute approximate surface area is 218 Å². The van der Waals surface area contributed by atoms with E-state index < -0.39 is 5.82 Å². The zero-order valence-electron chi connectivity index (χ0n) is 20.1. The molecule has 192 valence electrons. The number of rotatable bonds is 7. The summed E-state index contributed by atoms with van der Waals surface area (Å²) < 4.78 is 26.1. The molecule has 3 fully saturated rings. The number of nitrogens with one attached hydrogen (secondary N) is 1. The van der Waals surface area contributed by atoms with Crippen molar-refractivity contribution in [3.63, 3.8) is 0 Å². The Kier molecular flexibility index (Phi) is 6.29. The summed E-state index contributed by atoms with van der Waals surface area (Å²) in [6, 6.07) is 6.87. The number of hydrogen-bond donors (Lipinski definition) is 1. The van der Waals surface area contributed by atoms with E-state index in [9.17, 15) is 4.79 Å². The number of hydrogen-bond acceptors (Lipinski definition) is 8. The molecule has 2 aromatic heterocycles. The Morgan fingerprint density at radius 1 is 1.30 bits per heavy atom. The van der Waals surface area contributed by atoms with Crippen LogP contribution >= 0.6 is 11.6 Å². The second kappa shape index (κ2) is 9.75. The highest BCUT2D eigenvalue weighted by Crippen LogP contribution is 2.36. The predicted molar refractivity (Wildman–Crippen MR) is 138 cm³/mol. The van der Waals surface area contributed by atoms with Crippen LogP contribution < -0.4 is 15.0 Å². The first-order valence-corrected chi connectivity index (χ1v) is 12.7. The van der Waals surface area contributed by atoms with Crippen molar-refractivity contribution in [1.82, 2.24) is 19.9 Å². The summed E-state index contributed by atoms with van der Waals surface area (Å²) in [6.07, 6.45) is 4.58. The first kappa shape index (κ1) is 23.9. The van der Waals surface area contributed by atoms with E-state index in [4.69, 9.17) is 26.1 Å². The van der Waals surface area contributed by atoms with E-state index in [2.05, 4.69) is 26.8 Å². The van der Waals surface area contributed by atoms with E-state index in [1.165, 1.54) is 24.5 Å². The van der Waals surface area contributed by atoms with E-state index in [0.29, 0.717) is 54.8 Å². The van der Waals surface area contributed by atoms with Crippen molar-refractivity contribution in [1.29, 1.82) is 0 Å². The third-order valence-corrected chi connectivity index (χ3v) is 7.53. The van der Waals surface area contributed by atoms with Crippen LogP contribution in [0.3, 0.4) is 0 Å². The third-order valence-electron chi connectivity index (χ3n) is 7.23. The van der Waals surface area contributed by atoms with Crippen molar-refractivity contribution in [2.45, 2.75) is 24.9 Å². The molecule has 3 saturated heterocycles. The number of nitrogens with zero attached hydrogens (tertiary/aromatic N) is 5. The molecule has 5 heterocycles. The molecular formula is C26H26ClFN6O3. The Morgan fingerprint density at radius 3 is 2.95 bits per heavy atom. The second-order valence-electron chi connectivity index (χ2n) is 9.58. The van der Waals surface area contributed by atoms with Gasteiger partial charge in [0.1, 0.15) is 29.2 Å². The molecule has 3 aliphatic rings. The lowest BCUT2D eigenvalue weighted by atomic mass is 10.1. The van der Waals surface area contributed by atoms with E-state index >= 15 is 4.39 Å². The van der Waals surface area contributed by atoms with Crippen molar-refractivity contribution in [3.05, 3.63) is 54.1 Å². The molecule has 3 aromatic rings. The summed E-state index contributed by atoms with van der Waals surface area (Å²) in [5.41, 5.74) is 1.30. The maximum absolute atomic E-state index is 15.0. The highest BCUT2D eigenvalue weighted by atomic mass is 35.5. The number of aromatic nitrogens is 3. The monoisotopic (exact) mass is 524 g/mol. The van der Waals surface area contributed by atoms with Crippen LogP contribution in [0.2, 0.25) is 5.02 Å². The van der Waals surface area contributed by atoms with Crippen LogP contribution in [0.25, 0.3) is 11.0 Å². The number of carbonyl (C=O) groups is 1. The molecule has 9 nitrogen and oxygen atoms in total. The smallest absolute Gasteiger partial charge is 0.246 e. The van der Waals surface area contributed by atoms with Crippen LogP contribution in [0.1, 0.15) is 12.8 Å². The summed E-state index contributed by atoms with van der Waals surface area (Å²) in [5, 5.41) is 3.32. The minimum atomic E-state index is -0.520. The van der Waals surface area contributed by atoms with Gasteiger partial charge in [-0.05, 0) is 37.1 Å². The van der Waals surface area contributed by atoms with Crippen LogP contribution in [0.4, 0.5) is 21.7 Å². The van der Waals surface area contributed by atoms with Gasteiger partial charge in [-0.3, -0.25) is 4.79 Å². The molecule has 0 spiro atoms. The normalized spacial score (nSPS) is 22.6. The lowest BCUT2D eigenvalue weighted by Gasteiger charge is -2.34. The van der Waals surface area contributed by atoms with Gasteiger partial charge in [-0.1, -0.05) is 18.2 Å². The van der Waals surface area contributed by atoms with Crippen LogP contribution in [-0.4, -0.2) is 70.8 Å². The standard InChI is InChI=1S/C26H26ClFN6O3/c1-2-24(35)34-11-16-7-17(34)10-33(16)23-4-3-20-25(32-23)26(30-14-29-20)31-21-8-18(27)22(9-19(21)28)37-13-15-5-6-36-12-15/h2-4,8-9,14-17H,1,5-7,10-13H2,(H,29,30,31)/t15-,16-,17-/m0/s1. The van der Waals surface area contributed by atoms with Gasteiger partial charge in [0.2, 0.25) is 5.91 Å². The van der Waals surface area contributed by atoms with E-state index in [1.54, 1.807) is 0 Å². The molecule has 3 aliphatic heterocycles. The summed E-state index contributed by atoms with van der Waals surface area (Å²) >= 11 is 6.41. The van der Waals surface area contributed by atoms with Gasteiger partial charge in [0, 0.05) is 31.7 Å². The number of benzene rings is 1. The van der Waals surface area contributed by atoms with Gasteiger partial charge >= 0.3 is 0 Å². The SMILES string of the molecule is C=CC(=O)N1C[C@@H]2C[C@H]1CN2c1ccc2ncnc(Nc3cc(Cl)c(OC[C@H]4CCOC4)cc3F)c2n1. The summed E-state index contributed by atoms with van der Waals surface area (Å²) in [5.74, 6) is 1.14. The Bertz CT molecular complexity index is 1370. The fourth-order valence-electron chi connectivity index (χ4n) is 5.30. The summed E-state index contributed by atoms with van der Waals surface area (Å²) in [4.78, 5) is 29.6. The predicted octanol–water partition coefficient (Wildman–Crippen LogP) is 3.95. The minimum absolute atomic E-state index is 0.0387.